The topological polar surface area (TPSA) is 52.3 Å². The summed E-state index contributed by atoms with van der Waals surface area (Å²) in [6, 6.07) is 14.4. The Kier molecular flexibility index (Phi) is 6.43. The molecule has 2 aliphatic rings. The molecular weight excluding hydrogens is 460 g/mol. The Morgan fingerprint density at radius 2 is 2.00 bits per heavy atom. The molecule has 0 radical (unpaired) electrons. The molecule has 0 bridgehead atoms. The van der Waals surface area contributed by atoms with E-state index in [1.54, 1.807) is 23.0 Å². The Labute approximate surface area is 211 Å². The number of aryl methyl sites for hydroxylation is 2. The molecule has 1 aromatic carbocycles. The van der Waals surface area contributed by atoms with Crippen LogP contribution in [0.4, 0.5) is 0 Å². The van der Waals surface area contributed by atoms with Gasteiger partial charge in [0, 0.05) is 66.9 Å². The van der Waals surface area contributed by atoms with E-state index in [0.29, 0.717) is 18.4 Å². The predicted molar refractivity (Wildman–Crippen MR) is 141 cm³/mol. The molecule has 1 fully saturated rings. The maximum absolute atomic E-state index is 12.9. The Bertz CT molecular complexity index is 1420. The van der Waals surface area contributed by atoms with Crippen molar-refractivity contribution in [2.75, 3.05) is 6.54 Å². The fraction of sp³-hybridized carbons (Fsp3) is 0.357. The van der Waals surface area contributed by atoms with Crippen LogP contribution in [0.1, 0.15) is 41.8 Å². The first-order valence-corrected chi connectivity index (χ1v) is 12.2. The molecule has 6 nitrogen and oxygen atoms in total. The van der Waals surface area contributed by atoms with Gasteiger partial charge in [0.1, 0.15) is 12.4 Å². The van der Waals surface area contributed by atoms with Crippen molar-refractivity contribution in [2.24, 2.45) is 7.05 Å². The second kappa shape index (κ2) is 9.51. The number of fused-ring (bicyclic) bond motifs is 4. The van der Waals surface area contributed by atoms with Crippen molar-refractivity contribution in [2.45, 2.75) is 51.8 Å². The molecular formula is C28H31ClN4O2. The van der Waals surface area contributed by atoms with Gasteiger partial charge in [-0.05, 0) is 56.1 Å². The summed E-state index contributed by atoms with van der Waals surface area (Å²) in [7, 11) is 2.17. The lowest BCUT2D eigenvalue weighted by atomic mass is 9.91. The van der Waals surface area contributed by atoms with E-state index < -0.39 is 0 Å². The minimum atomic E-state index is -0.102. The standard InChI is InChI=1S/C28H30N4O2.ClH/c1-19-6-7-20(16-29-19)18-34-23-10-12-32(28(33)15-23)22-8-9-24-25-17-31-11-4-3-5-21(31)13-27(25)30(2)26(24)14-22;/h6-10,12,14-16,21H,3-5,11,13,17-18H2,1-2H3;1H. The van der Waals surface area contributed by atoms with E-state index in [1.165, 1.54) is 48.0 Å². The first kappa shape index (κ1) is 23.6. The molecule has 6 rings (SSSR count). The molecule has 3 aromatic heterocycles. The summed E-state index contributed by atoms with van der Waals surface area (Å²) in [4.78, 5) is 19.9. The van der Waals surface area contributed by atoms with Gasteiger partial charge in [0.25, 0.3) is 5.56 Å². The molecule has 0 N–H and O–H groups in total. The largest absolute Gasteiger partial charge is 0.489 e. The van der Waals surface area contributed by atoms with E-state index in [1.807, 2.05) is 25.1 Å². The van der Waals surface area contributed by atoms with Crippen LogP contribution in [0.2, 0.25) is 0 Å². The van der Waals surface area contributed by atoms with E-state index in [0.717, 1.165) is 29.9 Å². The second-order valence-electron chi connectivity index (χ2n) is 9.68. The zero-order valence-electron chi connectivity index (χ0n) is 20.2. The van der Waals surface area contributed by atoms with Gasteiger partial charge in [0.05, 0.1) is 11.2 Å². The van der Waals surface area contributed by atoms with Crippen LogP contribution in [-0.4, -0.2) is 31.6 Å². The van der Waals surface area contributed by atoms with E-state index in [4.69, 9.17) is 4.74 Å². The van der Waals surface area contributed by atoms with Crippen molar-refractivity contribution < 1.29 is 4.74 Å². The number of aromatic nitrogens is 3. The molecule has 5 heterocycles. The fourth-order valence-corrected chi connectivity index (χ4v) is 5.58. The summed E-state index contributed by atoms with van der Waals surface area (Å²) in [5, 5.41) is 1.31. The van der Waals surface area contributed by atoms with Crippen LogP contribution in [0.15, 0.2) is 59.7 Å². The van der Waals surface area contributed by atoms with Crippen LogP contribution < -0.4 is 10.3 Å². The second-order valence-corrected chi connectivity index (χ2v) is 9.68. The van der Waals surface area contributed by atoms with Gasteiger partial charge in [0.15, 0.2) is 0 Å². The highest BCUT2D eigenvalue weighted by atomic mass is 35.5. The highest BCUT2D eigenvalue weighted by molar-refractivity contribution is 5.87. The fourth-order valence-electron chi connectivity index (χ4n) is 5.58. The number of rotatable bonds is 4. The van der Waals surface area contributed by atoms with Crippen LogP contribution in [0, 0.1) is 6.92 Å². The highest BCUT2D eigenvalue weighted by Gasteiger charge is 2.31. The van der Waals surface area contributed by atoms with Crippen LogP contribution in [0.3, 0.4) is 0 Å². The number of nitrogens with zero attached hydrogens (tertiary/aromatic N) is 4. The quantitative estimate of drug-likeness (QED) is 0.406. The monoisotopic (exact) mass is 490 g/mol. The zero-order valence-corrected chi connectivity index (χ0v) is 21.1. The Morgan fingerprint density at radius 1 is 1.11 bits per heavy atom. The minimum Gasteiger partial charge on any atom is -0.489 e. The molecule has 1 atom stereocenters. The molecule has 0 aliphatic carbocycles. The first-order valence-electron chi connectivity index (χ1n) is 12.2. The van der Waals surface area contributed by atoms with Crippen LogP contribution in [0.5, 0.6) is 5.75 Å². The SMILES string of the molecule is Cc1ccc(COc2ccn(-c3ccc4c5c(n(C)c4c3)CC3CCCCN3C5)c(=O)c2)cn1.Cl. The number of hydrogen-bond acceptors (Lipinski definition) is 4. The predicted octanol–water partition coefficient (Wildman–Crippen LogP) is 4.94. The number of hydrogen-bond donors (Lipinski definition) is 0. The third-order valence-corrected chi connectivity index (χ3v) is 7.51. The first-order chi connectivity index (χ1) is 16.6. The number of benzene rings is 1. The maximum atomic E-state index is 12.9. The summed E-state index contributed by atoms with van der Waals surface area (Å²) < 4.78 is 9.87. The van der Waals surface area contributed by atoms with Crippen molar-refractivity contribution in [1.29, 1.82) is 0 Å². The van der Waals surface area contributed by atoms with Crippen molar-refractivity contribution in [3.63, 3.8) is 0 Å². The third-order valence-electron chi connectivity index (χ3n) is 7.51. The van der Waals surface area contributed by atoms with Gasteiger partial charge in [-0.15, -0.1) is 12.4 Å². The van der Waals surface area contributed by atoms with Crippen LogP contribution >= 0.6 is 12.4 Å². The molecule has 35 heavy (non-hydrogen) atoms. The van der Waals surface area contributed by atoms with Gasteiger partial charge >= 0.3 is 0 Å². The van der Waals surface area contributed by atoms with Gasteiger partial charge in [0.2, 0.25) is 0 Å². The molecule has 0 amide bonds. The number of ether oxygens (including phenoxy) is 1. The van der Waals surface area contributed by atoms with Crippen molar-refractivity contribution in [3.05, 3.63) is 87.7 Å². The molecule has 0 saturated carbocycles. The molecule has 1 saturated heterocycles. The average Bonchev–Trinajstić information content (AvgIpc) is 3.13. The lowest BCUT2D eigenvalue weighted by molar-refractivity contribution is 0.126. The van der Waals surface area contributed by atoms with Crippen LogP contribution in [-0.2, 0) is 26.6 Å². The number of piperidine rings is 1. The van der Waals surface area contributed by atoms with E-state index >= 15 is 0 Å². The zero-order chi connectivity index (χ0) is 23.2. The van der Waals surface area contributed by atoms with Crippen molar-refractivity contribution >= 4 is 23.3 Å². The molecule has 1 unspecified atom stereocenters. The summed E-state index contributed by atoms with van der Waals surface area (Å²) in [5.74, 6) is 0.564. The summed E-state index contributed by atoms with van der Waals surface area (Å²) in [6.45, 7) is 4.59. The molecule has 4 aromatic rings. The average molecular weight is 491 g/mol. The molecule has 2 aliphatic heterocycles. The van der Waals surface area contributed by atoms with Gasteiger partial charge < -0.3 is 9.30 Å². The summed E-state index contributed by atoms with van der Waals surface area (Å²) in [5.41, 5.74) is 6.84. The minimum absolute atomic E-state index is 0. The third kappa shape index (κ3) is 4.37. The van der Waals surface area contributed by atoms with Gasteiger partial charge in [-0.3, -0.25) is 19.2 Å². The van der Waals surface area contributed by atoms with Crippen molar-refractivity contribution in [3.8, 4) is 11.4 Å². The van der Waals surface area contributed by atoms with E-state index in [9.17, 15) is 4.79 Å². The Balaban J connectivity index is 0.00000253. The highest BCUT2D eigenvalue weighted by Crippen LogP contribution is 2.36. The lowest BCUT2D eigenvalue weighted by Crippen LogP contribution is -2.43. The molecule has 7 heteroatoms. The smallest absolute Gasteiger partial charge is 0.258 e. The summed E-state index contributed by atoms with van der Waals surface area (Å²) in [6.07, 6.45) is 8.68. The molecule has 182 valence electrons. The van der Waals surface area contributed by atoms with Crippen LogP contribution in [0.25, 0.3) is 16.6 Å². The normalized spacial score (nSPS) is 17.5. The molecule has 0 spiro atoms. The van der Waals surface area contributed by atoms with Gasteiger partial charge in [-0.1, -0.05) is 18.6 Å². The summed E-state index contributed by atoms with van der Waals surface area (Å²) >= 11 is 0. The Morgan fingerprint density at radius 3 is 2.80 bits per heavy atom. The van der Waals surface area contributed by atoms with Gasteiger partial charge in [-0.2, -0.15) is 0 Å². The van der Waals surface area contributed by atoms with Crippen molar-refractivity contribution in [1.82, 2.24) is 19.0 Å². The van der Waals surface area contributed by atoms with Gasteiger partial charge in [-0.25, -0.2) is 0 Å². The number of pyridine rings is 2. The maximum Gasteiger partial charge on any atom is 0.258 e. The Hall–Kier alpha value is -3.09. The number of halogens is 1. The van der Waals surface area contributed by atoms with E-state index in [2.05, 4.69) is 39.7 Å². The van der Waals surface area contributed by atoms with E-state index in [-0.39, 0.29) is 18.0 Å². The lowest BCUT2D eigenvalue weighted by Gasteiger charge is -2.39.